The largest absolute Gasteiger partial charge is 0.478 e. The number of ketones is 1. The maximum absolute atomic E-state index is 10.5. The van der Waals surface area contributed by atoms with Crippen LogP contribution >= 0.6 is 0 Å². The van der Waals surface area contributed by atoms with Crippen LogP contribution in [0.3, 0.4) is 0 Å². The number of carbonyl (C=O) groups is 2. The summed E-state index contributed by atoms with van der Waals surface area (Å²) in [7, 11) is 0. The lowest BCUT2D eigenvalue weighted by atomic mass is 10.2. The molecular formula is C7H8O3. The minimum atomic E-state index is -1.22. The zero-order chi connectivity index (χ0) is 8.15. The van der Waals surface area contributed by atoms with Crippen molar-refractivity contribution in [3.8, 4) is 0 Å². The Balaban J connectivity index is 4.58. The van der Waals surface area contributed by atoms with Gasteiger partial charge >= 0.3 is 5.97 Å². The number of hydrogen-bond donors (Lipinski definition) is 1. The zero-order valence-corrected chi connectivity index (χ0v) is 5.63. The molecule has 0 atom stereocenters. The summed E-state index contributed by atoms with van der Waals surface area (Å²) in [5.74, 6) is -1.68. The number of aliphatic carboxylic acids is 1. The van der Waals surface area contributed by atoms with Gasteiger partial charge in [0, 0.05) is 0 Å². The maximum Gasteiger partial charge on any atom is 0.339 e. The summed E-state index contributed by atoms with van der Waals surface area (Å²) in [4.78, 5) is 20.7. The van der Waals surface area contributed by atoms with E-state index in [-0.39, 0.29) is 5.57 Å². The van der Waals surface area contributed by atoms with Gasteiger partial charge in [-0.15, -0.1) is 0 Å². The quantitative estimate of drug-likeness (QED) is 0.272. The van der Waals surface area contributed by atoms with Gasteiger partial charge in [0.1, 0.15) is 5.57 Å². The molecule has 0 rings (SSSR count). The highest BCUT2D eigenvalue weighted by Crippen LogP contribution is 1.95. The summed E-state index contributed by atoms with van der Waals surface area (Å²) >= 11 is 0. The highest BCUT2D eigenvalue weighted by molar-refractivity contribution is 6.15. The fraction of sp³-hybridized carbons (Fsp3) is 0.143. The summed E-state index contributed by atoms with van der Waals surface area (Å²) in [6.45, 7) is 4.47. The second kappa shape index (κ2) is 3.61. The summed E-state index contributed by atoms with van der Waals surface area (Å²) in [6.07, 6.45) is 2.44. The van der Waals surface area contributed by atoms with E-state index in [1.165, 1.54) is 19.1 Å². The second-order valence-electron chi connectivity index (χ2n) is 1.68. The molecule has 0 aromatic carbocycles. The van der Waals surface area contributed by atoms with Crippen molar-refractivity contribution in [1.29, 1.82) is 0 Å². The van der Waals surface area contributed by atoms with Crippen LogP contribution in [0.5, 0.6) is 0 Å². The Hall–Kier alpha value is -1.38. The van der Waals surface area contributed by atoms with Crippen LogP contribution in [0.4, 0.5) is 0 Å². The van der Waals surface area contributed by atoms with Crippen LogP contribution in [-0.4, -0.2) is 16.9 Å². The molecule has 0 heterocycles. The molecule has 0 unspecified atom stereocenters. The van der Waals surface area contributed by atoms with Crippen molar-refractivity contribution in [2.75, 3.05) is 0 Å². The molecule has 1 N–H and O–H groups in total. The van der Waals surface area contributed by atoms with Crippen molar-refractivity contribution in [1.82, 2.24) is 0 Å². The van der Waals surface area contributed by atoms with Gasteiger partial charge in [-0.25, -0.2) is 4.79 Å². The van der Waals surface area contributed by atoms with Crippen molar-refractivity contribution < 1.29 is 14.7 Å². The maximum atomic E-state index is 10.5. The standard InChI is InChI=1S/C7H8O3/c1-3-4-6(5(2)8)7(9)10/h3-4H,1H2,2H3,(H,9,10). The van der Waals surface area contributed by atoms with Gasteiger partial charge in [0.15, 0.2) is 5.78 Å². The van der Waals surface area contributed by atoms with Gasteiger partial charge in [0.2, 0.25) is 0 Å². The normalized spacial score (nSPS) is 10.7. The minimum Gasteiger partial charge on any atom is -0.478 e. The van der Waals surface area contributed by atoms with Crippen molar-refractivity contribution in [2.45, 2.75) is 6.92 Å². The SMILES string of the molecule is C=CC=C(C(C)=O)C(=O)O. The Morgan fingerprint density at radius 2 is 2.00 bits per heavy atom. The fourth-order valence-electron chi connectivity index (χ4n) is 0.457. The zero-order valence-electron chi connectivity index (χ0n) is 5.63. The van der Waals surface area contributed by atoms with Crippen LogP contribution in [0.25, 0.3) is 0 Å². The highest BCUT2D eigenvalue weighted by Gasteiger charge is 2.09. The van der Waals surface area contributed by atoms with Crippen molar-refractivity contribution in [3.05, 3.63) is 24.3 Å². The molecule has 0 radical (unpaired) electrons. The van der Waals surface area contributed by atoms with E-state index in [2.05, 4.69) is 6.58 Å². The number of carboxylic acid groups (broad SMARTS) is 1. The van der Waals surface area contributed by atoms with Gasteiger partial charge in [-0.05, 0) is 13.0 Å². The Kier molecular flexibility index (Phi) is 3.11. The Labute approximate surface area is 58.7 Å². The van der Waals surface area contributed by atoms with E-state index in [9.17, 15) is 9.59 Å². The van der Waals surface area contributed by atoms with Crippen LogP contribution in [0.1, 0.15) is 6.92 Å². The molecular weight excluding hydrogens is 132 g/mol. The summed E-state index contributed by atoms with van der Waals surface area (Å²) < 4.78 is 0. The molecule has 0 saturated carbocycles. The van der Waals surface area contributed by atoms with Crippen molar-refractivity contribution in [3.63, 3.8) is 0 Å². The molecule has 0 aromatic heterocycles. The van der Waals surface area contributed by atoms with E-state index in [0.717, 1.165) is 0 Å². The van der Waals surface area contributed by atoms with E-state index in [0.29, 0.717) is 0 Å². The molecule has 0 bridgehead atoms. The number of allylic oxidation sites excluding steroid dienone is 2. The molecule has 0 spiro atoms. The highest BCUT2D eigenvalue weighted by atomic mass is 16.4. The summed E-state index contributed by atoms with van der Waals surface area (Å²) in [6, 6.07) is 0. The Bertz CT molecular complexity index is 185. The number of rotatable bonds is 3. The molecule has 0 aromatic rings. The molecule has 0 fully saturated rings. The monoisotopic (exact) mass is 140 g/mol. The number of carboxylic acids is 1. The topological polar surface area (TPSA) is 54.4 Å². The molecule has 3 nitrogen and oxygen atoms in total. The number of Topliss-reactive ketones (excluding diaryl/α,β-unsaturated/α-hetero) is 1. The summed E-state index contributed by atoms with van der Waals surface area (Å²) in [5.41, 5.74) is -0.241. The van der Waals surface area contributed by atoms with E-state index in [4.69, 9.17) is 5.11 Å². The van der Waals surface area contributed by atoms with Gasteiger partial charge in [0.25, 0.3) is 0 Å². The Morgan fingerprint density at radius 3 is 2.10 bits per heavy atom. The van der Waals surface area contributed by atoms with Crippen molar-refractivity contribution >= 4 is 11.8 Å². The van der Waals surface area contributed by atoms with Gasteiger partial charge in [-0.2, -0.15) is 0 Å². The first-order valence-electron chi connectivity index (χ1n) is 2.66. The third-order valence-electron chi connectivity index (χ3n) is 0.894. The predicted octanol–water partition coefficient (Wildman–Crippen LogP) is 0.772. The molecule has 0 amide bonds. The minimum absolute atomic E-state index is 0.241. The molecule has 0 aliphatic carbocycles. The Morgan fingerprint density at radius 1 is 1.50 bits per heavy atom. The molecule has 0 aliphatic heterocycles. The van der Waals surface area contributed by atoms with E-state index in [1.807, 2.05) is 0 Å². The fourth-order valence-corrected chi connectivity index (χ4v) is 0.457. The van der Waals surface area contributed by atoms with Crippen LogP contribution in [-0.2, 0) is 9.59 Å². The van der Waals surface area contributed by atoms with Crippen molar-refractivity contribution in [2.24, 2.45) is 0 Å². The first kappa shape index (κ1) is 8.62. The van der Waals surface area contributed by atoms with Gasteiger partial charge in [-0.1, -0.05) is 12.7 Å². The average molecular weight is 140 g/mol. The van der Waals surface area contributed by atoms with Gasteiger partial charge in [0.05, 0.1) is 0 Å². The van der Waals surface area contributed by atoms with E-state index >= 15 is 0 Å². The first-order valence-corrected chi connectivity index (χ1v) is 2.66. The predicted molar refractivity (Wildman–Crippen MR) is 36.6 cm³/mol. The number of hydrogen-bond acceptors (Lipinski definition) is 2. The lowest BCUT2D eigenvalue weighted by Crippen LogP contribution is -2.07. The molecule has 0 aliphatic rings. The molecule has 54 valence electrons. The van der Waals surface area contributed by atoms with Crippen LogP contribution in [0, 0.1) is 0 Å². The van der Waals surface area contributed by atoms with Crippen LogP contribution in [0.2, 0.25) is 0 Å². The second-order valence-corrected chi connectivity index (χ2v) is 1.68. The molecule has 3 heteroatoms. The molecule has 0 saturated heterocycles. The smallest absolute Gasteiger partial charge is 0.339 e. The van der Waals surface area contributed by atoms with Gasteiger partial charge < -0.3 is 5.11 Å². The third kappa shape index (κ3) is 2.26. The van der Waals surface area contributed by atoms with E-state index in [1.54, 1.807) is 0 Å². The van der Waals surface area contributed by atoms with E-state index < -0.39 is 11.8 Å². The lowest BCUT2D eigenvalue weighted by molar-refractivity contribution is -0.134. The third-order valence-corrected chi connectivity index (χ3v) is 0.894. The lowest BCUT2D eigenvalue weighted by Gasteiger charge is -1.91. The van der Waals surface area contributed by atoms with Crippen LogP contribution in [0.15, 0.2) is 24.3 Å². The number of carbonyl (C=O) groups excluding carboxylic acids is 1. The van der Waals surface area contributed by atoms with Crippen LogP contribution < -0.4 is 0 Å². The van der Waals surface area contributed by atoms with Gasteiger partial charge in [-0.3, -0.25) is 4.79 Å². The molecule has 10 heavy (non-hydrogen) atoms. The first-order chi connectivity index (χ1) is 4.59. The summed E-state index contributed by atoms with van der Waals surface area (Å²) in [5, 5.41) is 8.34. The average Bonchev–Trinajstić information content (AvgIpc) is 1.81.